The van der Waals surface area contributed by atoms with Crippen LogP contribution in [0.15, 0.2) is 29.3 Å². The summed E-state index contributed by atoms with van der Waals surface area (Å²) in [6, 6.07) is 8.57. The van der Waals surface area contributed by atoms with Crippen LogP contribution in [0.4, 0.5) is 0 Å². The predicted octanol–water partition coefficient (Wildman–Crippen LogP) is 2.59. The average molecular weight is 333 g/mol. The number of nitrogens with zero attached hydrogens (tertiary/aromatic N) is 2. The van der Waals surface area contributed by atoms with Crippen LogP contribution in [0, 0.1) is 6.92 Å². The summed E-state index contributed by atoms with van der Waals surface area (Å²) < 4.78 is 11.0. The summed E-state index contributed by atoms with van der Waals surface area (Å²) in [6.45, 7) is 6.47. The maximum absolute atomic E-state index is 5.92. The number of likely N-dealkylation sites (tertiary alicyclic amines) is 1. The lowest BCUT2D eigenvalue weighted by molar-refractivity contribution is 0.00989. The Morgan fingerprint density at radius 2 is 2.08 bits per heavy atom. The van der Waals surface area contributed by atoms with E-state index in [0.29, 0.717) is 6.10 Å². The molecule has 2 rings (SSSR count). The first-order chi connectivity index (χ1) is 11.7. The standard InChI is InChI=1S/C19H31N3O2/c1-16-6-4-7-17(14-16)15-21-19(20-2)22-10-8-18(9-11-22)24-13-5-12-23-3/h4,6-7,14,18H,5,8-13,15H2,1-3H3,(H,20,21). The van der Waals surface area contributed by atoms with Gasteiger partial charge in [-0.2, -0.15) is 0 Å². The van der Waals surface area contributed by atoms with E-state index in [1.54, 1.807) is 7.11 Å². The normalized spacial score (nSPS) is 16.5. The van der Waals surface area contributed by atoms with Crippen LogP contribution >= 0.6 is 0 Å². The van der Waals surface area contributed by atoms with Crippen molar-refractivity contribution in [1.82, 2.24) is 10.2 Å². The van der Waals surface area contributed by atoms with Crippen LogP contribution in [0.25, 0.3) is 0 Å². The fourth-order valence-electron chi connectivity index (χ4n) is 3.02. The van der Waals surface area contributed by atoms with E-state index in [4.69, 9.17) is 9.47 Å². The van der Waals surface area contributed by atoms with Crippen molar-refractivity contribution in [3.63, 3.8) is 0 Å². The minimum absolute atomic E-state index is 0.369. The summed E-state index contributed by atoms with van der Waals surface area (Å²) in [7, 11) is 3.58. The highest BCUT2D eigenvalue weighted by Crippen LogP contribution is 2.14. The number of piperidine rings is 1. The van der Waals surface area contributed by atoms with Gasteiger partial charge in [0.2, 0.25) is 0 Å². The van der Waals surface area contributed by atoms with Crippen LogP contribution in [-0.2, 0) is 16.0 Å². The number of rotatable bonds is 7. The van der Waals surface area contributed by atoms with Gasteiger partial charge in [-0.3, -0.25) is 4.99 Å². The predicted molar refractivity (Wildman–Crippen MR) is 98.4 cm³/mol. The van der Waals surface area contributed by atoms with Crippen molar-refractivity contribution in [2.75, 3.05) is 40.5 Å². The Bertz CT molecular complexity index is 511. The van der Waals surface area contributed by atoms with E-state index in [2.05, 4.69) is 46.4 Å². The Kier molecular flexibility index (Phi) is 8.05. The number of benzene rings is 1. The number of methoxy groups -OCH3 is 1. The van der Waals surface area contributed by atoms with Gasteiger partial charge in [0.05, 0.1) is 6.10 Å². The van der Waals surface area contributed by atoms with Gasteiger partial charge >= 0.3 is 0 Å². The molecule has 134 valence electrons. The molecule has 0 spiro atoms. The summed E-state index contributed by atoms with van der Waals surface area (Å²) in [4.78, 5) is 6.76. The second-order valence-corrected chi connectivity index (χ2v) is 6.29. The smallest absolute Gasteiger partial charge is 0.193 e. The molecule has 5 heteroatoms. The van der Waals surface area contributed by atoms with E-state index in [9.17, 15) is 0 Å². The molecule has 0 atom stereocenters. The number of hydrogen-bond donors (Lipinski definition) is 1. The fraction of sp³-hybridized carbons (Fsp3) is 0.632. The summed E-state index contributed by atoms with van der Waals surface area (Å²) >= 11 is 0. The van der Waals surface area contributed by atoms with Gasteiger partial charge in [-0.15, -0.1) is 0 Å². The summed E-state index contributed by atoms with van der Waals surface area (Å²) in [5.74, 6) is 0.981. The van der Waals surface area contributed by atoms with Gasteiger partial charge in [0.25, 0.3) is 0 Å². The second-order valence-electron chi connectivity index (χ2n) is 6.29. The largest absolute Gasteiger partial charge is 0.385 e. The molecule has 1 N–H and O–H groups in total. The van der Waals surface area contributed by atoms with E-state index < -0.39 is 0 Å². The number of hydrogen-bond acceptors (Lipinski definition) is 3. The Balaban J connectivity index is 1.73. The summed E-state index contributed by atoms with van der Waals surface area (Å²) in [5.41, 5.74) is 2.57. The Morgan fingerprint density at radius 3 is 2.75 bits per heavy atom. The summed E-state index contributed by atoms with van der Waals surface area (Å²) in [6.07, 6.45) is 3.44. The van der Waals surface area contributed by atoms with Crippen LogP contribution in [0.1, 0.15) is 30.4 Å². The van der Waals surface area contributed by atoms with Crippen molar-refractivity contribution < 1.29 is 9.47 Å². The lowest BCUT2D eigenvalue weighted by Crippen LogP contribution is -2.46. The zero-order valence-electron chi connectivity index (χ0n) is 15.3. The van der Waals surface area contributed by atoms with Crippen molar-refractivity contribution in [2.24, 2.45) is 4.99 Å². The third-order valence-corrected chi connectivity index (χ3v) is 4.33. The quantitative estimate of drug-likeness (QED) is 0.473. The first-order valence-corrected chi connectivity index (χ1v) is 8.84. The van der Waals surface area contributed by atoms with Crippen LogP contribution in [0.2, 0.25) is 0 Å². The van der Waals surface area contributed by atoms with Crippen LogP contribution in [-0.4, -0.2) is 57.4 Å². The van der Waals surface area contributed by atoms with Gasteiger partial charge in [-0.25, -0.2) is 0 Å². The van der Waals surface area contributed by atoms with Gasteiger partial charge in [0.1, 0.15) is 0 Å². The topological polar surface area (TPSA) is 46.1 Å². The van der Waals surface area contributed by atoms with Gasteiger partial charge in [0, 0.05) is 47.0 Å². The zero-order valence-corrected chi connectivity index (χ0v) is 15.3. The molecule has 1 aromatic rings. The Morgan fingerprint density at radius 1 is 1.29 bits per heavy atom. The Hall–Kier alpha value is -1.59. The minimum Gasteiger partial charge on any atom is -0.385 e. The maximum Gasteiger partial charge on any atom is 0.193 e. The SMILES string of the molecule is CN=C(NCc1cccc(C)c1)N1CCC(OCCCOC)CC1. The molecular formula is C19H31N3O2. The van der Waals surface area contributed by atoms with E-state index in [1.807, 2.05) is 7.05 Å². The average Bonchev–Trinajstić information content (AvgIpc) is 2.60. The first-order valence-electron chi connectivity index (χ1n) is 8.84. The molecule has 0 saturated carbocycles. The second kappa shape index (κ2) is 10.3. The van der Waals surface area contributed by atoms with Crippen molar-refractivity contribution in [3.8, 4) is 0 Å². The molecule has 1 fully saturated rings. The monoisotopic (exact) mass is 333 g/mol. The molecule has 0 unspecified atom stereocenters. The number of guanidine groups is 1. The molecule has 1 saturated heterocycles. The first kappa shape index (κ1) is 18.7. The maximum atomic E-state index is 5.92. The molecule has 1 aliphatic rings. The molecule has 0 bridgehead atoms. The van der Waals surface area contributed by atoms with Crippen molar-refractivity contribution >= 4 is 5.96 Å². The van der Waals surface area contributed by atoms with Gasteiger partial charge in [-0.1, -0.05) is 29.8 Å². The number of aliphatic imine (C=N–C) groups is 1. The van der Waals surface area contributed by atoms with Crippen LogP contribution in [0.5, 0.6) is 0 Å². The molecule has 24 heavy (non-hydrogen) atoms. The van der Waals surface area contributed by atoms with E-state index in [0.717, 1.165) is 58.1 Å². The highest BCUT2D eigenvalue weighted by molar-refractivity contribution is 5.79. The van der Waals surface area contributed by atoms with E-state index >= 15 is 0 Å². The lowest BCUT2D eigenvalue weighted by atomic mass is 10.1. The fourth-order valence-corrected chi connectivity index (χ4v) is 3.02. The van der Waals surface area contributed by atoms with Crippen molar-refractivity contribution in [1.29, 1.82) is 0 Å². The summed E-state index contributed by atoms with van der Waals surface area (Å²) in [5, 5.41) is 3.48. The molecule has 1 heterocycles. The molecule has 1 aromatic carbocycles. The minimum atomic E-state index is 0.369. The van der Waals surface area contributed by atoms with Gasteiger partial charge in [-0.05, 0) is 31.7 Å². The third kappa shape index (κ3) is 6.13. The van der Waals surface area contributed by atoms with Crippen molar-refractivity contribution in [2.45, 2.75) is 38.8 Å². The van der Waals surface area contributed by atoms with Crippen LogP contribution in [0.3, 0.4) is 0 Å². The highest BCUT2D eigenvalue weighted by Gasteiger charge is 2.21. The molecule has 0 aromatic heterocycles. The number of ether oxygens (including phenoxy) is 2. The molecule has 1 aliphatic heterocycles. The molecular weight excluding hydrogens is 302 g/mol. The molecule has 0 radical (unpaired) electrons. The number of aryl methyl sites for hydroxylation is 1. The van der Waals surface area contributed by atoms with E-state index in [1.165, 1.54) is 11.1 Å². The van der Waals surface area contributed by atoms with Gasteiger partial charge in [0.15, 0.2) is 5.96 Å². The molecule has 0 aliphatic carbocycles. The van der Waals surface area contributed by atoms with E-state index in [-0.39, 0.29) is 0 Å². The van der Waals surface area contributed by atoms with Gasteiger partial charge < -0.3 is 19.7 Å². The number of nitrogens with one attached hydrogen (secondary N) is 1. The third-order valence-electron chi connectivity index (χ3n) is 4.33. The molecule has 0 amide bonds. The lowest BCUT2D eigenvalue weighted by Gasteiger charge is -2.34. The highest BCUT2D eigenvalue weighted by atomic mass is 16.5. The molecule has 5 nitrogen and oxygen atoms in total. The van der Waals surface area contributed by atoms with Crippen LogP contribution < -0.4 is 5.32 Å². The zero-order chi connectivity index (χ0) is 17.2. The Labute approximate surface area is 146 Å². The van der Waals surface area contributed by atoms with Crippen molar-refractivity contribution in [3.05, 3.63) is 35.4 Å².